The Kier molecular flexibility index (Phi) is 2.88. The van der Waals surface area contributed by atoms with Gasteiger partial charge in [0.2, 0.25) is 5.88 Å². The fourth-order valence-corrected chi connectivity index (χ4v) is 0.657. The van der Waals surface area contributed by atoms with Crippen molar-refractivity contribution in [1.82, 2.24) is 5.16 Å². The number of aromatic nitrogens is 1. The Balaban J connectivity index is 2.36. The highest BCUT2D eigenvalue weighted by molar-refractivity contribution is 5.29. The molecule has 0 fully saturated rings. The predicted molar refractivity (Wildman–Crippen MR) is 39.9 cm³/mol. The minimum atomic E-state index is 0.544. The van der Waals surface area contributed by atoms with Crippen LogP contribution in [0.2, 0.25) is 0 Å². The average Bonchev–Trinajstić information content (AvgIpc) is 2.52. The predicted octanol–water partition coefficient (Wildman–Crippen LogP) is 0.00110. The highest BCUT2D eigenvalue weighted by Gasteiger charge is 2.02. The maximum atomic E-state index is 5.55. The molecule has 0 radical (unpaired) electrons. The van der Waals surface area contributed by atoms with Crippen LogP contribution in [0.15, 0.2) is 16.8 Å². The third kappa shape index (κ3) is 2.21. The number of hydrogen-bond acceptors (Lipinski definition) is 5. The molecule has 0 aromatic carbocycles. The smallest absolute Gasteiger partial charge is 0.241 e. The Morgan fingerprint density at radius 3 is 3.18 bits per heavy atom. The molecule has 0 bridgehead atoms. The Morgan fingerprint density at radius 2 is 2.64 bits per heavy atom. The first-order valence-corrected chi connectivity index (χ1v) is 3.26. The summed E-state index contributed by atoms with van der Waals surface area (Å²) in [6, 6.07) is 1.69. The van der Waals surface area contributed by atoms with Gasteiger partial charge in [-0.2, -0.15) is 0 Å². The first kappa shape index (κ1) is 8.03. The molecule has 0 amide bonds. The first-order valence-electron chi connectivity index (χ1n) is 3.26. The zero-order valence-electron chi connectivity index (χ0n) is 6.36. The molecule has 2 N–H and O–H groups in total. The number of rotatable bonds is 4. The van der Waals surface area contributed by atoms with Crippen LogP contribution < -0.4 is 10.9 Å². The van der Waals surface area contributed by atoms with Crippen LogP contribution in [0.5, 0.6) is 0 Å². The van der Waals surface area contributed by atoms with Gasteiger partial charge in [0.05, 0.1) is 19.3 Å². The topological polar surface area (TPSA) is 64.5 Å². The van der Waals surface area contributed by atoms with Gasteiger partial charge in [-0.25, -0.2) is 5.84 Å². The maximum absolute atomic E-state index is 5.55. The molecule has 0 spiro atoms. The molecule has 0 saturated carbocycles. The summed E-state index contributed by atoms with van der Waals surface area (Å²) in [7, 11) is 1.62. The molecule has 0 aliphatic heterocycles. The van der Waals surface area contributed by atoms with E-state index < -0.39 is 0 Å². The van der Waals surface area contributed by atoms with Crippen molar-refractivity contribution in [2.45, 2.75) is 0 Å². The second-order valence-corrected chi connectivity index (χ2v) is 2.04. The van der Waals surface area contributed by atoms with Crippen molar-refractivity contribution in [2.75, 3.05) is 25.3 Å². The third-order valence-corrected chi connectivity index (χ3v) is 1.24. The summed E-state index contributed by atoms with van der Waals surface area (Å²) in [4.78, 5) is 0. The highest BCUT2D eigenvalue weighted by Crippen LogP contribution is 2.06. The molecule has 0 unspecified atom stereocenters. The maximum Gasteiger partial charge on any atom is 0.241 e. The SMILES string of the molecule is COCCN(N)c1ccno1. The Hall–Kier alpha value is -1.07. The normalized spacial score (nSPS) is 10.0. The van der Waals surface area contributed by atoms with Crippen LogP contribution in [0.25, 0.3) is 0 Å². The molecule has 0 atom stereocenters. The van der Waals surface area contributed by atoms with Gasteiger partial charge in [-0.1, -0.05) is 5.16 Å². The van der Waals surface area contributed by atoms with E-state index >= 15 is 0 Å². The molecule has 0 aliphatic rings. The molecule has 0 saturated heterocycles. The minimum Gasteiger partial charge on any atom is -0.383 e. The van der Waals surface area contributed by atoms with E-state index in [4.69, 9.17) is 15.1 Å². The number of methoxy groups -OCH3 is 1. The van der Waals surface area contributed by atoms with Crippen molar-refractivity contribution in [3.05, 3.63) is 12.3 Å². The highest BCUT2D eigenvalue weighted by atomic mass is 16.5. The van der Waals surface area contributed by atoms with Crippen LogP contribution in [-0.4, -0.2) is 25.4 Å². The van der Waals surface area contributed by atoms with E-state index in [1.54, 1.807) is 19.4 Å². The lowest BCUT2D eigenvalue weighted by atomic mass is 10.6. The fraction of sp³-hybridized carbons (Fsp3) is 0.500. The summed E-state index contributed by atoms with van der Waals surface area (Å²) in [5.41, 5.74) is 0. The summed E-state index contributed by atoms with van der Waals surface area (Å²) in [5.74, 6) is 6.09. The molecule has 1 aromatic heterocycles. The fourth-order valence-electron chi connectivity index (χ4n) is 0.657. The molecule has 11 heavy (non-hydrogen) atoms. The van der Waals surface area contributed by atoms with E-state index in [0.717, 1.165) is 0 Å². The lowest BCUT2D eigenvalue weighted by Crippen LogP contribution is -2.33. The van der Waals surface area contributed by atoms with Crippen molar-refractivity contribution >= 4 is 5.88 Å². The summed E-state index contributed by atoms with van der Waals surface area (Å²) in [6.07, 6.45) is 1.54. The van der Waals surface area contributed by atoms with Gasteiger partial charge in [0, 0.05) is 13.2 Å². The van der Waals surface area contributed by atoms with Crippen LogP contribution in [0, 0.1) is 0 Å². The zero-order chi connectivity index (χ0) is 8.10. The van der Waals surface area contributed by atoms with Gasteiger partial charge in [0.15, 0.2) is 0 Å². The van der Waals surface area contributed by atoms with Gasteiger partial charge in [-0.3, -0.25) is 5.01 Å². The molecule has 1 aromatic rings. The zero-order valence-corrected chi connectivity index (χ0v) is 6.36. The largest absolute Gasteiger partial charge is 0.383 e. The minimum absolute atomic E-state index is 0.544. The third-order valence-electron chi connectivity index (χ3n) is 1.24. The van der Waals surface area contributed by atoms with E-state index in [0.29, 0.717) is 19.0 Å². The number of nitrogens with zero attached hydrogens (tertiary/aromatic N) is 2. The number of hydrazine groups is 1. The van der Waals surface area contributed by atoms with Gasteiger partial charge >= 0.3 is 0 Å². The van der Waals surface area contributed by atoms with E-state index in [1.165, 1.54) is 5.01 Å². The number of anilines is 1. The Labute approximate surface area is 64.7 Å². The molecule has 0 aliphatic carbocycles. The van der Waals surface area contributed by atoms with Crippen LogP contribution in [0.3, 0.4) is 0 Å². The average molecular weight is 157 g/mol. The Morgan fingerprint density at radius 1 is 1.82 bits per heavy atom. The van der Waals surface area contributed by atoms with Crippen LogP contribution in [0.1, 0.15) is 0 Å². The van der Waals surface area contributed by atoms with Gasteiger partial charge in [-0.15, -0.1) is 0 Å². The van der Waals surface area contributed by atoms with Crippen molar-refractivity contribution in [2.24, 2.45) is 5.84 Å². The lowest BCUT2D eigenvalue weighted by molar-refractivity contribution is 0.203. The molecule has 62 valence electrons. The number of hydrogen-bond donors (Lipinski definition) is 1. The van der Waals surface area contributed by atoms with Crippen LogP contribution >= 0.6 is 0 Å². The van der Waals surface area contributed by atoms with Crippen LogP contribution in [-0.2, 0) is 4.74 Å². The van der Waals surface area contributed by atoms with Gasteiger partial charge in [-0.05, 0) is 0 Å². The Bertz CT molecular complexity index is 188. The van der Waals surface area contributed by atoms with Crippen molar-refractivity contribution in [1.29, 1.82) is 0 Å². The monoisotopic (exact) mass is 157 g/mol. The van der Waals surface area contributed by atoms with Crippen molar-refractivity contribution in [3.8, 4) is 0 Å². The summed E-state index contributed by atoms with van der Waals surface area (Å²) < 4.78 is 9.61. The standard InChI is InChI=1S/C6H11N3O2/c1-10-5-4-9(7)6-2-3-8-11-6/h2-3H,4-5,7H2,1H3. The van der Waals surface area contributed by atoms with E-state index in [1.807, 2.05) is 0 Å². The van der Waals surface area contributed by atoms with E-state index in [2.05, 4.69) is 5.16 Å². The molecule has 1 heterocycles. The van der Waals surface area contributed by atoms with Crippen molar-refractivity contribution in [3.63, 3.8) is 0 Å². The summed E-state index contributed by atoms with van der Waals surface area (Å²) in [5, 5.41) is 4.95. The second kappa shape index (κ2) is 3.95. The van der Waals surface area contributed by atoms with E-state index in [9.17, 15) is 0 Å². The quantitative estimate of drug-likeness (QED) is 0.492. The first-order chi connectivity index (χ1) is 5.34. The lowest BCUT2D eigenvalue weighted by Gasteiger charge is -2.12. The second-order valence-electron chi connectivity index (χ2n) is 2.04. The number of ether oxygens (including phenoxy) is 1. The summed E-state index contributed by atoms with van der Waals surface area (Å²) in [6.45, 7) is 1.16. The van der Waals surface area contributed by atoms with Gasteiger partial charge in [0.1, 0.15) is 0 Å². The molecular formula is C6H11N3O2. The van der Waals surface area contributed by atoms with Crippen LogP contribution in [0.4, 0.5) is 5.88 Å². The molecule has 5 heteroatoms. The van der Waals surface area contributed by atoms with Gasteiger partial charge < -0.3 is 9.26 Å². The molecule has 5 nitrogen and oxygen atoms in total. The number of nitrogens with two attached hydrogens (primary N) is 1. The van der Waals surface area contributed by atoms with Crippen molar-refractivity contribution < 1.29 is 9.26 Å². The molecule has 1 rings (SSSR count). The molecular weight excluding hydrogens is 146 g/mol. The van der Waals surface area contributed by atoms with E-state index in [-0.39, 0.29) is 0 Å². The van der Waals surface area contributed by atoms with Gasteiger partial charge in [0.25, 0.3) is 0 Å². The summed E-state index contributed by atoms with van der Waals surface area (Å²) >= 11 is 0.